The second kappa shape index (κ2) is 13.8. The lowest BCUT2D eigenvalue weighted by Crippen LogP contribution is -2.47. The molecule has 2 heterocycles. The SMILES string of the molecule is Cl.Cl.FC(F)(F)c1ccc2c(c1)N(CCCN1CCN(CCOc3ccccc3)CC1)c1ccccc1S2. The van der Waals surface area contributed by atoms with Gasteiger partial charge in [-0.3, -0.25) is 4.90 Å². The molecule has 0 amide bonds. The normalized spacial score (nSPS) is 15.6. The topological polar surface area (TPSA) is 19.0 Å². The van der Waals surface area contributed by atoms with Crippen molar-refractivity contribution in [3.63, 3.8) is 0 Å². The van der Waals surface area contributed by atoms with Gasteiger partial charge in [0.05, 0.1) is 16.9 Å². The number of hydrogen-bond acceptors (Lipinski definition) is 5. The molecule has 0 bridgehead atoms. The lowest BCUT2D eigenvalue weighted by Gasteiger charge is -2.36. The Labute approximate surface area is 239 Å². The zero-order valence-corrected chi connectivity index (χ0v) is 23.4. The molecule has 2 aliphatic rings. The van der Waals surface area contributed by atoms with E-state index in [1.165, 1.54) is 23.9 Å². The molecule has 4 nitrogen and oxygen atoms in total. The average molecular weight is 587 g/mol. The number of halogens is 5. The molecule has 0 unspecified atom stereocenters. The highest BCUT2D eigenvalue weighted by atomic mass is 35.5. The number of piperazine rings is 1. The zero-order chi connectivity index (χ0) is 25.0. The molecule has 0 N–H and O–H groups in total. The summed E-state index contributed by atoms with van der Waals surface area (Å²) < 4.78 is 46.1. The zero-order valence-electron chi connectivity index (χ0n) is 20.9. The maximum absolute atomic E-state index is 13.4. The van der Waals surface area contributed by atoms with Gasteiger partial charge in [-0.05, 0) is 55.4 Å². The van der Waals surface area contributed by atoms with Gasteiger partial charge in [0.25, 0.3) is 0 Å². The number of rotatable bonds is 8. The first-order chi connectivity index (χ1) is 17.5. The van der Waals surface area contributed by atoms with E-state index in [2.05, 4.69) is 14.7 Å². The quantitative estimate of drug-likeness (QED) is 0.276. The van der Waals surface area contributed by atoms with Crippen LogP contribution in [-0.4, -0.2) is 62.2 Å². The van der Waals surface area contributed by atoms with E-state index < -0.39 is 11.7 Å². The third kappa shape index (κ3) is 7.51. The monoisotopic (exact) mass is 585 g/mol. The average Bonchev–Trinajstić information content (AvgIpc) is 2.89. The highest BCUT2D eigenvalue weighted by Crippen LogP contribution is 2.49. The van der Waals surface area contributed by atoms with Crippen molar-refractivity contribution in [2.45, 2.75) is 22.4 Å². The second-order valence-electron chi connectivity index (χ2n) is 9.10. The van der Waals surface area contributed by atoms with Crippen molar-refractivity contribution < 1.29 is 17.9 Å². The van der Waals surface area contributed by atoms with E-state index in [9.17, 15) is 13.2 Å². The first-order valence-electron chi connectivity index (χ1n) is 12.4. The van der Waals surface area contributed by atoms with Gasteiger partial charge in [-0.15, -0.1) is 24.8 Å². The van der Waals surface area contributed by atoms with Crippen LogP contribution in [0.5, 0.6) is 5.75 Å². The molecule has 0 radical (unpaired) electrons. The summed E-state index contributed by atoms with van der Waals surface area (Å²) in [4.78, 5) is 8.89. The molecule has 38 heavy (non-hydrogen) atoms. The van der Waals surface area contributed by atoms with Crippen molar-refractivity contribution in [3.05, 3.63) is 78.4 Å². The molecule has 2 aliphatic heterocycles. The standard InChI is InChI=1S/C28H30F3N3OS.2ClH/c29-28(30,31)22-11-12-27-25(21-22)34(24-9-4-5-10-26(24)36-27)14-6-13-32-15-17-33(18-16-32)19-20-35-23-7-2-1-3-8-23;;/h1-5,7-12,21H,6,13-20H2;2*1H. The highest BCUT2D eigenvalue weighted by Gasteiger charge is 2.33. The predicted molar refractivity (Wildman–Crippen MR) is 153 cm³/mol. The maximum atomic E-state index is 13.4. The summed E-state index contributed by atoms with van der Waals surface area (Å²) in [5, 5.41) is 0. The van der Waals surface area contributed by atoms with Gasteiger partial charge >= 0.3 is 6.18 Å². The molecule has 0 aliphatic carbocycles. The van der Waals surface area contributed by atoms with Gasteiger partial charge in [-0.2, -0.15) is 13.2 Å². The smallest absolute Gasteiger partial charge is 0.416 e. The predicted octanol–water partition coefficient (Wildman–Crippen LogP) is 7.24. The van der Waals surface area contributed by atoms with Crippen LogP contribution in [0.4, 0.5) is 24.5 Å². The van der Waals surface area contributed by atoms with Crippen LogP contribution < -0.4 is 9.64 Å². The Morgan fingerprint density at radius 3 is 2.05 bits per heavy atom. The Morgan fingerprint density at radius 2 is 1.34 bits per heavy atom. The minimum atomic E-state index is -4.35. The first-order valence-corrected chi connectivity index (χ1v) is 13.2. The van der Waals surface area contributed by atoms with Crippen molar-refractivity contribution in [3.8, 4) is 5.75 Å². The van der Waals surface area contributed by atoms with Gasteiger partial charge < -0.3 is 14.5 Å². The van der Waals surface area contributed by atoms with Crippen molar-refractivity contribution in [1.29, 1.82) is 0 Å². The van der Waals surface area contributed by atoms with E-state index in [0.717, 1.165) is 66.9 Å². The molecule has 206 valence electrons. The number of hydrogen-bond donors (Lipinski definition) is 0. The third-order valence-corrected chi connectivity index (χ3v) is 7.82. The fourth-order valence-corrected chi connectivity index (χ4v) is 5.82. The summed E-state index contributed by atoms with van der Waals surface area (Å²) in [5.41, 5.74) is 1.04. The molecule has 0 saturated carbocycles. The second-order valence-corrected chi connectivity index (χ2v) is 10.2. The summed E-state index contributed by atoms with van der Waals surface area (Å²) in [6.45, 7) is 7.17. The highest BCUT2D eigenvalue weighted by molar-refractivity contribution is 7.99. The summed E-state index contributed by atoms with van der Waals surface area (Å²) in [5.74, 6) is 0.901. The largest absolute Gasteiger partial charge is 0.492 e. The van der Waals surface area contributed by atoms with Gasteiger partial charge in [-0.25, -0.2) is 0 Å². The molecule has 3 aromatic carbocycles. The van der Waals surface area contributed by atoms with Gasteiger partial charge in [0, 0.05) is 49.1 Å². The van der Waals surface area contributed by atoms with Crippen LogP contribution >= 0.6 is 36.6 Å². The first kappa shape index (κ1) is 30.4. The molecule has 0 aromatic heterocycles. The van der Waals surface area contributed by atoms with E-state index >= 15 is 0 Å². The molecule has 1 fully saturated rings. The van der Waals surface area contributed by atoms with Crippen LogP contribution in [0, 0.1) is 0 Å². The summed E-state index contributed by atoms with van der Waals surface area (Å²) in [6, 6.07) is 21.9. The van der Waals surface area contributed by atoms with E-state index in [4.69, 9.17) is 4.74 Å². The Morgan fingerprint density at radius 1 is 0.711 bits per heavy atom. The Hall–Kier alpha value is -2.10. The van der Waals surface area contributed by atoms with Crippen LogP contribution in [0.2, 0.25) is 0 Å². The molecular formula is C28H32Cl2F3N3OS. The number of benzene rings is 3. The van der Waals surface area contributed by atoms with Gasteiger partial charge in [0.15, 0.2) is 0 Å². The number of para-hydroxylation sites is 2. The number of nitrogens with zero attached hydrogens (tertiary/aromatic N) is 3. The lowest BCUT2D eigenvalue weighted by molar-refractivity contribution is -0.137. The van der Waals surface area contributed by atoms with Crippen molar-refractivity contribution in [1.82, 2.24) is 9.80 Å². The maximum Gasteiger partial charge on any atom is 0.416 e. The van der Waals surface area contributed by atoms with Crippen LogP contribution in [0.3, 0.4) is 0 Å². The van der Waals surface area contributed by atoms with Crippen molar-refractivity contribution in [2.24, 2.45) is 0 Å². The number of fused-ring (bicyclic) bond motifs is 2. The Bertz CT molecular complexity index is 1160. The van der Waals surface area contributed by atoms with Gasteiger partial charge in [0.1, 0.15) is 12.4 Å². The number of alkyl halides is 3. The fourth-order valence-electron chi connectivity index (χ4n) is 4.74. The Kier molecular flexibility index (Phi) is 11.1. The molecule has 5 rings (SSSR count). The van der Waals surface area contributed by atoms with E-state index in [-0.39, 0.29) is 24.8 Å². The summed E-state index contributed by atoms with van der Waals surface area (Å²) in [7, 11) is 0. The minimum Gasteiger partial charge on any atom is -0.492 e. The van der Waals surface area contributed by atoms with Gasteiger partial charge in [-0.1, -0.05) is 42.1 Å². The van der Waals surface area contributed by atoms with Crippen LogP contribution in [0.25, 0.3) is 0 Å². The number of ether oxygens (including phenoxy) is 1. The molecular weight excluding hydrogens is 554 g/mol. The lowest BCUT2D eigenvalue weighted by atomic mass is 10.1. The summed E-state index contributed by atoms with van der Waals surface area (Å²) >= 11 is 1.54. The minimum absolute atomic E-state index is 0. The van der Waals surface area contributed by atoms with Gasteiger partial charge in [0.2, 0.25) is 0 Å². The third-order valence-electron chi connectivity index (χ3n) is 6.69. The summed E-state index contributed by atoms with van der Waals surface area (Å²) in [6.07, 6.45) is -3.47. The van der Waals surface area contributed by atoms with Crippen LogP contribution in [0.1, 0.15) is 12.0 Å². The van der Waals surface area contributed by atoms with Crippen molar-refractivity contribution in [2.75, 3.05) is 57.3 Å². The molecule has 1 saturated heterocycles. The van der Waals surface area contributed by atoms with Crippen molar-refractivity contribution >= 4 is 48.0 Å². The molecule has 3 aromatic rings. The Balaban J connectivity index is 0.00000200. The van der Waals surface area contributed by atoms with Crippen LogP contribution in [-0.2, 0) is 6.18 Å². The van der Waals surface area contributed by atoms with Crippen LogP contribution in [0.15, 0.2) is 82.6 Å². The number of anilines is 2. The molecule has 0 spiro atoms. The van der Waals surface area contributed by atoms with E-state index in [1.54, 1.807) is 6.07 Å². The van der Waals surface area contributed by atoms with E-state index in [1.807, 2.05) is 54.6 Å². The van der Waals surface area contributed by atoms with E-state index in [0.29, 0.717) is 18.8 Å². The molecule has 10 heteroatoms. The fraction of sp³-hybridized carbons (Fsp3) is 0.357. The molecule has 0 atom stereocenters.